The Morgan fingerprint density at radius 3 is 2.85 bits per heavy atom. The van der Waals surface area contributed by atoms with Crippen LogP contribution >= 0.6 is 0 Å². The number of carbonyl (C=O) groups is 1. The first-order chi connectivity index (χ1) is 9.44. The molecular weight excluding hydrogens is 260 g/mol. The van der Waals surface area contributed by atoms with Crippen molar-refractivity contribution in [2.24, 2.45) is 5.73 Å². The molecule has 1 aliphatic rings. The highest BCUT2D eigenvalue weighted by Crippen LogP contribution is 2.35. The molecule has 6 nitrogen and oxygen atoms in total. The third-order valence-corrected chi connectivity index (χ3v) is 3.47. The minimum atomic E-state index is -0.796. The molecule has 110 valence electrons. The van der Waals surface area contributed by atoms with E-state index in [0.717, 1.165) is 0 Å². The minimum Gasteiger partial charge on any atom is -0.490 e. The highest BCUT2D eigenvalue weighted by molar-refractivity contribution is 5.84. The van der Waals surface area contributed by atoms with Gasteiger partial charge in [-0.1, -0.05) is 0 Å². The molecule has 2 atom stereocenters. The average molecular weight is 280 g/mol. The molecule has 1 amide bonds. The summed E-state index contributed by atoms with van der Waals surface area (Å²) in [6, 6.07) is 5.39. The number of nitrogens with one attached hydrogen (secondary N) is 1. The molecule has 1 aromatic carbocycles. The maximum Gasteiger partial charge on any atom is 0.237 e. The van der Waals surface area contributed by atoms with E-state index in [9.17, 15) is 4.79 Å². The predicted octanol–water partition coefficient (Wildman–Crippen LogP) is 1.04. The van der Waals surface area contributed by atoms with Gasteiger partial charge in [0.1, 0.15) is 5.75 Å². The zero-order valence-electron chi connectivity index (χ0n) is 11.9. The van der Waals surface area contributed by atoms with Crippen LogP contribution in [0.25, 0.3) is 0 Å². The van der Waals surface area contributed by atoms with E-state index in [1.165, 1.54) is 0 Å². The summed E-state index contributed by atoms with van der Waals surface area (Å²) in [5, 5.41) is 2.94. The van der Waals surface area contributed by atoms with Crippen LogP contribution in [0.3, 0.4) is 0 Å². The number of ether oxygens (including phenoxy) is 3. The van der Waals surface area contributed by atoms with Gasteiger partial charge in [0.2, 0.25) is 12.7 Å². The Bertz CT molecular complexity index is 506. The van der Waals surface area contributed by atoms with Crippen LogP contribution in [-0.2, 0) is 4.79 Å². The molecule has 20 heavy (non-hydrogen) atoms. The van der Waals surface area contributed by atoms with Gasteiger partial charge in [-0.15, -0.1) is 0 Å². The second-order valence-electron chi connectivity index (χ2n) is 5.09. The normalized spacial score (nSPS) is 17.4. The fourth-order valence-electron chi connectivity index (χ4n) is 2.12. The molecular formula is C14H20N2O4. The summed E-state index contributed by atoms with van der Waals surface area (Å²) in [6.45, 7) is 3.88. The first-order valence-electron chi connectivity index (χ1n) is 6.50. The number of amides is 1. The van der Waals surface area contributed by atoms with Crippen LogP contribution in [0.5, 0.6) is 17.2 Å². The maximum absolute atomic E-state index is 11.5. The summed E-state index contributed by atoms with van der Waals surface area (Å²) in [6.07, 6.45) is 0.285. The van der Waals surface area contributed by atoms with Crippen molar-refractivity contribution in [1.82, 2.24) is 5.32 Å². The summed E-state index contributed by atoms with van der Waals surface area (Å²) in [7, 11) is 1.71. The van der Waals surface area contributed by atoms with Gasteiger partial charge in [-0.05, 0) is 33.0 Å². The van der Waals surface area contributed by atoms with Gasteiger partial charge in [-0.25, -0.2) is 0 Å². The second kappa shape index (κ2) is 5.58. The summed E-state index contributed by atoms with van der Waals surface area (Å²) >= 11 is 0. The lowest BCUT2D eigenvalue weighted by Gasteiger charge is -2.28. The van der Waals surface area contributed by atoms with Crippen molar-refractivity contribution < 1.29 is 19.0 Å². The average Bonchev–Trinajstić information content (AvgIpc) is 2.85. The molecule has 1 heterocycles. The van der Waals surface area contributed by atoms with Crippen LogP contribution < -0.4 is 25.3 Å². The highest BCUT2D eigenvalue weighted by atomic mass is 16.7. The van der Waals surface area contributed by atoms with Gasteiger partial charge in [0, 0.05) is 12.5 Å². The molecule has 0 spiro atoms. The third kappa shape index (κ3) is 2.96. The van der Waals surface area contributed by atoms with Crippen molar-refractivity contribution in [2.45, 2.75) is 31.9 Å². The van der Waals surface area contributed by atoms with Crippen LogP contribution in [0.4, 0.5) is 0 Å². The Morgan fingerprint density at radius 1 is 1.50 bits per heavy atom. The number of likely N-dealkylation sites (N-methyl/N-ethyl adjacent to an activating group) is 1. The molecule has 0 aliphatic carbocycles. The molecule has 2 rings (SSSR count). The molecule has 0 bridgehead atoms. The van der Waals surface area contributed by atoms with Crippen molar-refractivity contribution in [2.75, 3.05) is 13.8 Å². The van der Waals surface area contributed by atoms with Gasteiger partial charge in [0.05, 0.1) is 11.6 Å². The van der Waals surface area contributed by atoms with Crippen molar-refractivity contribution in [3.05, 3.63) is 18.2 Å². The van der Waals surface area contributed by atoms with Crippen molar-refractivity contribution in [3.63, 3.8) is 0 Å². The number of carbonyl (C=O) groups excluding carboxylic acids is 1. The molecule has 0 fully saturated rings. The fourth-order valence-corrected chi connectivity index (χ4v) is 2.12. The Kier molecular flexibility index (Phi) is 4.04. The van der Waals surface area contributed by atoms with E-state index in [0.29, 0.717) is 23.7 Å². The van der Waals surface area contributed by atoms with E-state index < -0.39 is 11.4 Å². The van der Waals surface area contributed by atoms with Crippen LogP contribution in [0, 0.1) is 0 Å². The number of hydrogen-bond acceptors (Lipinski definition) is 5. The topological polar surface area (TPSA) is 82.8 Å². The highest BCUT2D eigenvalue weighted by Gasteiger charge is 2.31. The van der Waals surface area contributed by atoms with Gasteiger partial charge in [-0.2, -0.15) is 0 Å². The fraction of sp³-hybridized carbons (Fsp3) is 0.500. The lowest BCUT2D eigenvalue weighted by molar-refractivity contribution is -0.124. The predicted molar refractivity (Wildman–Crippen MR) is 73.9 cm³/mol. The molecule has 0 saturated heterocycles. The zero-order chi connectivity index (χ0) is 14.8. The van der Waals surface area contributed by atoms with Gasteiger partial charge >= 0.3 is 0 Å². The quantitative estimate of drug-likeness (QED) is 0.813. The summed E-state index contributed by atoms with van der Waals surface area (Å²) in [5.41, 5.74) is 4.61. The van der Waals surface area contributed by atoms with Crippen LogP contribution in [-0.4, -0.2) is 31.4 Å². The summed E-state index contributed by atoms with van der Waals surface area (Å²) in [4.78, 5) is 11.5. The van der Waals surface area contributed by atoms with Crippen molar-refractivity contribution >= 4 is 5.91 Å². The third-order valence-electron chi connectivity index (χ3n) is 3.47. The number of rotatable bonds is 6. The largest absolute Gasteiger partial charge is 0.490 e. The van der Waals surface area contributed by atoms with Crippen LogP contribution in [0.1, 0.15) is 20.3 Å². The molecule has 1 aliphatic heterocycles. The molecule has 3 N–H and O–H groups in total. The second-order valence-corrected chi connectivity index (χ2v) is 5.09. The van der Waals surface area contributed by atoms with E-state index in [4.69, 9.17) is 19.9 Å². The smallest absolute Gasteiger partial charge is 0.237 e. The van der Waals surface area contributed by atoms with Gasteiger partial charge in [0.15, 0.2) is 11.5 Å². The summed E-state index contributed by atoms with van der Waals surface area (Å²) in [5.74, 6) is 1.65. The van der Waals surface area contributed by atoms with Gasteiger partial charge < -0.3 is 25.3 Å². The minimum absolute atomic E-state index is 0.180. The number of hydrogen-bond donors (Lipinski definition) is 2. The van der Waals surface area contributed by atoms with E-state index in [1.54, 1.807) is 26.1 Å². The number of fused-ring (bicyclic) bond motifs is 1. The molecule has 0 radical (unpaired) electrons. The van der Waals surface area contributed by atoms with Gasteiger partial charge in [-0.3, -0.25) is 4.79 Å². The SMILES string of the molecule is CNC(C)(CC(C)Oc1ccc2c(c1)OCO2)C(N)=O. The van der Waals surface area contributed by atoms with E-state index in [1.807, 2.05) is 13.0 Å². The van der Waals surface area contributed by atoms with Crippen LogP contribution in [0.15, 0.2) is 18.2 Å². The van der Waals surface area contributed by atoms with Crippen LogP contribution in [0.2, 0.25) is 0 Å². The lowest BCUT2D eigenvalue weighted by Crippen LogP contribution is -2.53. The Morgan fingerprint density at radius 2 is 2.20 bits per heavy atom. The Hall–Kier alpha value is -1.95. The molecule has 1 aromatic rings. The number of primary amides is 1. The monoisotopic (exact) mass is 280 g/mol. The van der Waals surface area contributed by atoms with Crippen molar-refractivity contribution in [3.8, 4) is 17.2 Å². The molecule has 6 heteroatoms. The first kappa shape index (κ1) is 14.5. The number of benzene rings is 1. The first-order valence-corrected chi connectivity index (χ1v) is 6.50. The number of nitrogens with two attached hydrogens (primary N) is 1. The lowest BCUT2D eigenvalue weighted by atomic mass is 9.94. The molecule has 2 unspecified atom stereocenters. The van der Waals surface area contributed by atoms with E-state index >= 15 is 0 Å². The molecule has 0 aromatic heterocycles. The van der Waals surface area contributed by atoms with Gasteiger partial charge in [0.25, 0.3) is 0 Å². The van der Waals surface area contributed by atoms with E-state index in [2.05, 4.69) is 5.32 Å². The summed E-state index contributed by atoms with van der Waals surface area (Å²) < 4.78 is 16.3. The van der Waals surface area contributed by atoms with E-state index in [-0.39, 0.29) is 12.9 Å². The Balaban J connectivity index is 2.01. The Labute approximate surface area is 118 Å². The standard InChI is InChI=1S/C14H20N2O4/c1-9(7-14(2,16-3)13(15)17)20-10-4-5-11-12(6-10)19-8-18-11/h4-6,9,16H,7-8H2,1-3H3,(H2,15,17). The van der Waals surface area contributed by atoms with Crippen molar-refractivity contribution in [1.29, 1.82) is 0 Å². The zero-order valence-corrected chi connectivity index (χ0v) is 11.9. The molecule has 0 saturated carbocycles. The maximum atomic E-state index is 11.5.